The van der Waals surface area contributed by atoms with Crippen LogP contribution < -0.4 is 16.2 Å². The number of nitrogens with two attached hydrogens (primary N) is 1. The van der Waals surface area contributed by atoms with Crippen molar-refractivity contribution in [1.29, 1.82) is 0 Å². The molecule has 2 aromatic carbocycles. The quantitative estimate of drug-likeness (QED) is 0.158. The van der Waals surface area contributed by atoms with Crippen LogP contribution in [0.4, 0.5) is 11.4 Å². The van der Waals surface area contributed by atoms with E-state index in [0.717, 1.165) is 66.0 Å². The van der Waals surface area contributed by atoms with Gasteiger partial charge in [0.05, 0.1) is 18.5 Å². The minimum Gasteiger partial charge on any atom is -0.465 e. The summed E-state index contributed by atoms with van der Waals surface area (Å²) in [4.78, 5) is 0. The Balaban J connectivity index is 1.18. The Bertz CT molecular complexity index is 1800. The third-order valence-corrected chi connectivity index (χ3v) is 8.89. The first-order valence-electron chi connectivity index (χ1n) is 16.4. The molecule has 0 aromatic heterocycles. The second kappa shape index (κ2) is 15.3. The van der Waals surface area contributed by atoms with E-state index in [9.17, 15) is 0 Å². The normalized spacial score (nSPS) is 20.7. The van der Waals surface area contributed by atoms with Gasteiger partial charge in [0.15, 0.2) is 0 Å². The summed E-state index contributed by atoms with van der Waals surface area (Å²) in [6, 6.07) is 18.8. The van der Waals surface area contributed by atoms with Gasteiger partial charge in [-0.1, -0.05) is 98.2 Å². The number of nitrogens with one attached hydrogen (secondary N) is 1. The number of ether oxygens (including phenoxy) is 1. The Hall–Kier alpha value is -5.32. The van der Waals surface area contributed by atoms with Gasteiger partial charge in [0.1, 0.15) is 5.76 Å². The Kier molecular flexibility index (Phi) is 10.3. The number of benzene rings is 2. The van der Waals surface area contributed by atoms with Gasteiger partial charge in [0.2, 0.25) is 0 Å². The van der Waals surface area contributed by atoms with Gasteiger partial charge in [-0.2, -0.15) is 0 Å². The molecule has 236 valence electrons. The van der Waals surface area contributed by atoms with E-state index in [1.807, 2.05) is 59.8 Å². The number of para-hydroxylation sites is 1. The molecular formula is C43H43N3O. The van der Waals surface area contributed by atoms with Gasteiger partial charge in [-0.25, -0.2) is 5.84 Å². The lowest BCUT2D eigenvalue weighted by Crippen LogP contribution is -2.33. The summed E-state index contributed by atoms with van der Waals surface area (Å²) < 4.78 is 5.92. The van der Waals surface area contributed by atoms with Crippen molar-refractivity contribution in [3.8, 4) is 0 Å². The number of hydrazine groups is 1. The highest BCUT2D eigenvalue weighted by atomic mass is 16.5. The number of hydrogen-bond donors (Lipinski definition) is 2. The monoisotopic (exact) mass is 617 g/mol. The SMILES string of the molecule is C=C1/C=C\C=C/OC2=CCCC(c3ccc(N/C=C\C(=C/C(=C)C4C=CC=CC4)C4=CC=C(CN(N)c5ccccc5)CC4)cc3)=C12. The fourth-order valence-corrected chi connectivity index (χ4v) is 6.27. The molecule has 1 aliphatic heterocycles. The third kappa shape index (κ3) is 8.10. The topological polar surface area (TPSA) is 50.5 Å². The maximum atomic E-state index is 6.39. The van der Waals surface area contributed by atoms with Crippen LogP contribution in [-0.4, -0.2) is 6.54 Å². The van der Waals surface area contributed by atoms with Crippen LogP contribution in [0.1, 0.15) is 37.7 Å². The van der Waals surface area contributed by atoms with Gasteiger partial charge < -0.3 is 15.1 Å². The fraction of sp³-hybridized carbons (Fsp3) is 0.163. The predicted molar refractivity (Wildman–Crippen MR) is 199 cm³/mol. The summed E-state index contributed by atoms with van der Waals surface area (Å²) in [6.45, 7) is 9.47. The number of fused-ring (bicyclic) bond motifs is 1. The van der Waals surface area contributed by atoms with Crippen LogP contribution in [0.2, 0.25) is 0 Å². The number of nitrogens with zero attached hydrogens (tertiary/aromatic N) is 1. The van der Waals surface area contributed by atoms with Gasteiger partial charge >= 0.3 is 0 Å². The van der Waals surface area contributed by atoms with Crippen molar-refractivity contribution in [2.45, 2.75) is 32.1 Å². The first-order valence-corrected chi connectivity index (χ1v) is 16.4. The molecule has 2 aromatic rings. The fourth-order valence-electron chi connectivity index (χ4n) is 6.27. The molecule has 4 heteroatoms. The molecule has 3 N–H and O–H groups in total. The molecule has 6 rings (SSSR count). The number of rotatable bonds is 10. The van der Waals surface area contributed by atoms with Crippen molar-refractivity contribution < 1.29 is 4.74 Å². The lowest BCUT2D eigenvalue weighted by molar-refractivity contribution is 0.358. The van der Waals surface area contributed by atoms with E-state index in [0.29, 0.717) is 12.5 Å². The van der Waals surface area contributed by atoms with Crippen molar-refractivity contribution in [2.24, 2.45) is 11.8 Å². The molecule has 4 nitrogen and oxygen atoms in total. The summed E-state index contributed by atoms with van der Waals surface area (Å²) in [5, 5.41) is 5.32. The molecule has 0 amide bonds. The summed E-state index contributed by atoms with van der Waals surface area (Å²) in [7, 11) is 0. The molecule has 0 saturated carbocycles. The largest absolute Gasteiger partial charge is 0.465 e. The number of anilines is 2. The van der Waals surface area contributed by atoms with Crippen molar-refractivity contribution in [3.05, 3.63) is 198 Å². The number of hydrogen-bond acceptors (Lipinski definition) is 4. The van der Waals surface area contributed by atoms with Gasteiger partial charge in [0, 0.05) is 23.4 Å². The summed E-state index contributed by atoms with van der Waals surface area (Å²) in [5.74, 6) is 7.59. The highest BCUT2D eigenvalue weighted by Crippen LogP contribution is 2.38. The van der Waals surface area contributed by atoms with Crippen molar-refractivity contribution in [2.75, 3.05) is 16.9 Å². The molecule has 0 bridgehead atoms. The van der Waals surface area contributed by atoms with E-state index in [1.54, 1.807) is 6.26 Å². The maximum absolute atomic E-state index is 6.39. The minimum atomic E-state index is 0.312. The first-order chi connectivity index (χ1) is 23.0. The van der Waals surface area contributed by atoms with Crippen molar-refractivity contribution in [3.63, 3.8) is 0 Å². The molecule has 4 aliphatic rings. The second-order valence-corrected chi connectivity index (χ2v) is 12.2. The van der Waals surface area contributed by atoms with Gasteiger partial charge in [-0.15, -0.1) is 0 Å². The van der Waals surface area contributed by atoms with E-state index in [4.69, 9.17) is 10.6 Å². The highest BCUT2D eigenvalue weighted by molar-refractivity contribution is 5.79. The average Bonchev–Trinajstić information content (AvgIpc) is 3.11. The smallest absolute Gasteiger partial charge is 0.130 e. The zero-order chi connectivity index (χ0) is 32.4. The van der Waals surface area contributed by atoms with E-state index in [2.05, 4.69) is 97.4 Å². The summed E-state index contributed by atoms with van der Waals surface area (Å²) in [5.41, 5.74) is 11.5. The van der Waals surface area contributed by atoms with Crippen LogP contribution in [0.5, 0.6) is 0 Å². The Morgan fingerprint density at radius 3 is 2.60 bits per heavy atom. The van der Waals surface area contributed by atoms with E-state index < -0.39 is 0 Å². The molecular weight excluding hydrogens is 574 g/mol. The van der Waals surface area contributed by atoms with E-state index in [1.165, 1.54) is 27.9 Å². The van der Waals surface area contributed by atoms with E-state index in [-0.39, 0.29) is 0 Å². The Morgan fingerprint density at radius 1 is 0.979 bits per heavy atom. The summed E-state index contributed by atoms with van der Waals surface area (Å²) >= 11 is 0. The highest BCUT2D eigenvalue weighted by Gasteiger charge is 2.21. The van der Waals surface area contributed by atoms with Crippen molar-refractivity contribution >= 4 is 16.9 Å². The van der Waals surface area contributed by atoms with Crippen LogP contribution >= 0.6 is 0 Å². The molecule has 0 saturated heterocycles. The molecule has 0 fully saturated rings. The van der Waals surface area contributed by atoms with Crippen LogP contribution in [0.25, 0.3) is 5.57 Å². The molecule has 1 heterocycles. The standard InChI is InChI=1S/C43H43N3O/c1-32-12-9-10-29-47-42-18-11-17-41(43(32)42)37-23-25-39(26-24-37)45-28-27-38(30-33(2)35-13-5-3-6-14-35)36-21-19-34(20-22-36)31-46(44)40-15-7-4-8-16-40/h3-10,12-13,15-16,18-19,21,23-30,35,45H,1-2,11,14,17,20,22,31,44H2/b12-9-,28-27-,29-10-,38-30+. The van der Waals surface area contributed by atoms with Crippen molar-refractivity contribution in [1.82, 2.24) is 0 Å². The molecule has 0 spiro atoms. The average molecular weight is 618 g/mol. The molecule has 0 radical (unpaired) electrons. The van der Waals surface area contributed by atoms with Crippen LogP contribution in [0.3, 0.4) is 0 Å². The second-order valence-electron chi connectivity index (χ2n) is 12.2. The Morgan fingerprint density at radius 2 is 1.83 bits per heavy atom. The van der Waals surface area contributed by atoms with Gasteiger partial charge in [-0.3, -0.25) is 0 Å². The zero-order valence-corrected chi connectivity index (χ0v) is 26.9. The van der Waals surface area contributed by atoms with Crippen LogP contribution in [-0.2, 0) is 4.74 Å². The lowest BCUT2D eigenvalue weighted by atomic mass is 9.86. The first kappa shape index (κ1) is 31.7. The predicted octanol–water partition coefficient (Wildman–Crippen LogP) is 10.3. The maximum Gasteiger partial charge on any atom is 0.130 e. The minimum absolute atomic E-state index is 0.312. The molecule has 1 atom stereocenters. The lowest BCUT2D eigenvalue weighted by Gasteiger charge is -2.23. The van der Waals surface area contributed by atoms with E-state index >= 15 is 0 Å². The van der Waals surface area contributed by atoms with Gasteiger partial charge in [0.25, 0.3) is 0 Å². The van der Waals surface area contributed by atoms with Crippen LogP contribution in [0, 0.1) is 5.92 Å². The van der Waals surface area contributed by atoms with Gasteiger partial charge in [-0.05, 0) is 114 Å². The number of allylic oxidation sites excluding steroid dienone is 17. The zero-order valence-electron chi connectivity index (χ0n) is 26.9. The van der Waals surface area contributed by atoms with Crippen LogP contribution in [0.15, 0.2) is 192 Å². The molecule has 1 unspecified atom stereocenters. The summed E-state index contributed by atoms with van der Waals surface area (Å²) in [6.07, 6.45) is 34.2. The molecule has 3 aliphatic carbocycles. The molecule has 47 heavy (non-hydrogen) atoms. The Labute approximate surface area is 279 Å². The third-order valence-electron chi connectivity index (χ3n) is 8.89.